The molecule has 0 unspecified atom stereocenters. The summed E-state index contributed by atoms with van der Waals surface area (Å²) in [5.74, 6) is 0. The summed E-state index contributed by atoms with van der Waals surface area (Å²) >= 11 is 0. The third kappa shape index (κ3) is 2.48. The fourth-order valence-electron chi connectivity index (χ4n) is 3.65. The van der Waals surface area contributed by atoms with Crippen LogP contribution in [0.2, 0.25) is 0 Å². The fraction of sp³-hybridized carbons (Fsp3) is 0.667. The first-order valence-electron chi connectivity index (χ1n) is 7.86. The van der Waals surface area contributed by atoms with E-state index >= 15 is 0 Å². The van der Waals surface area contributed by atoms with Crippen molar-refractivity contribution in [2.45, 2.75) is 80.1 Å². The zero-order chi connectivity index (χ0) is 13.7. The van der Waals surface area contributed by atoms with E-state index in [4.69, 9.17) is 0 Å². The lowest BCUT2D eigenvalue weighted by Crippen LogP contribution is -2.11. The second-order valence-corrected chi connectivity index (χ2v) is 4.99. The Morgan fingerprint density at radius 3 is 0.500 bits per heavy atom. The van der Waals surface area contributed by atoms with Crippen LogP contribution in [0.1, 0.15) is 74.9 Å². The Balaban J connectivity index is 3.71. The molecule has 0 radical (unpaired) electrons. The molecule has 0 atom stereocenters. The zero-order valence-electron chi connectivity index (χ0n) is 13.2. The molecule has 0 nitrogen and oxygen atoms in total. The Morgan fingerprint density at radius 1 is 0.333 bits per heavy atom. The van der Waals surface area contributed by atoms with Gasteiger partial charge in [0, 0.05) is 0 Å². The maximum atomic E-state index is 2.32. The summed E-state index contributed by atoms with van der Waals surface area (Å²) in [6, 6.07) is 0. The molecule has 1 rings (SSSR count). The number of benzene rings is 1. The van der Waals surface area contributed by atoms with Gasteiger partial charge in [-0.25, -0.2) is 0 Å². The smallest absolute Gasteiger partial charge is 0.0302 e. The molecule has 0 bridgehead atoms. The van der Waals surface area contributed by atoms with Crippen LogP contribution in [0.4, 0.5) is 0 Å². The van der Waals surface area contributed by atoms with Crippen LogP contribution in [-0.4, -0.2) is 0 Å². The van der Waals surface area contributed by atoms with Crippen LogP contribution in [0.5, 0.6) is 0 Å². The molecular formula is C18H30. The van der Waals surface area contributed by atoms with Crippen LogP contribution in [0, 0.1) is 0 Å². The van der Waals surface area contributed by atoms with E-state index in [0.29, 0.717) is 0 Å². The van der Waals surface area contributed by atoms with Crippen LogP contribution < -0.4 is 0 Å². The van der Waals surface area contributed by atoms with Gasteiger partial charge in [-0.2, -0.15) is 0 Å². The zero-order valence-corrected chi connectivity index (χ0v) is 13.2. The molecule has 0 saturated heterocycles. The maximum absolute atomic E-state index is 2.32. The van der Waals surface area contributed by atoms with Crippen LogP contribution in [0.25, 0.3) is 0 Å². The molecular weight excluding hydrogens is 216 g/mol. The molecule has 1 aromatic carbocycles. The summed E-state index contributed by atoms with van der Waals surface area (Å²) < 4.78 is 0. The lowest BCUT2D eigenvalue weighted by Gasteiger charge is -2.24. The quantitative estimate of drug-likeness (QED) is 0.658. The van der Waals surface area contributed by atoms with Gasteiger partial charge in [-0.05, 0) is 71.9 Å². The van der Waals surface area contributed by atoms with Crippen molar-refractivity contribution >= 4 is 0 Å². The lowest BCUT2D eigenvalue weighted by atomic mass is 9.81. The Hall–Kier alpha value is -0.780. The molecule has 0 heteroatoms. The first-order valence-corrected chi connectivity index (χ1v) is 7.86. The van der Waals surface area contributed by atoms with Gasteiger partial charge in [0.05, 0.1) is 0 Å². The predicted molar refractivity (Wildman–Crippen MR) is 82.7 cm³/mol. The molecule has 0 amide bonds. The highest BCUT2D eigenvalue weighted by Gasteiger charge is 2.18. The molecule has 0 saturated carbocycles. The molecule has 0 aliphatic rings. The van der Waals surface area contributed by atoms with Crippen molar-refractivity contribution in [2.24, 2.45) is 0 Å². The second kappa shape index (κ2) is 6.97. The van der Waals surface area contributed by atoms with E-state index in [-0.39, 0.29) is 0 Å². The normalized spacial score (nSPS) is 11.0. The highest BCUT2D eigenvalue weighted by Crippen LogP contribution is 2.31. The fourth-order valence-corrected chi connectivity index (χ4v) is 3.65. The van der Waals surface area contributed by atoms with E-state index in [1.54, 1.807) is 33.4 Å². The van der Waals surface area contributed by atoms with E-state index in [1.807, 2.05) is 0 Å². The van der Waals surface area contributed by atoms with Crippen molar-refractivity contribution in [3.63, 3.8) is 0 Å². The standard InChI is InChI=1S/C18H30/c1-7-13-14(8-2)16(10-4)18(12-6)17(11-5)15(13)9-3/h7-12H2,1-6H3. The molecule has 0 heterocycles. The minimum absolute atomic E-state index is 1.19. The van der Waals surface area contributed by atoms with Gasteiger partial charge < -0.3 is 0 Å². The topological polar surface area (TPSA) is 0 Å². The third-order valence-corrected chi connectivity index (χ3v) is 4.31. The van der Waals surface area contributed by atoms with Gasteiger partial charge in [0.2, 0.25) is 0 Å². The molecule has 18 heavy (non-hydrogen) atoms. The molecule has 0 aromatic heterocycles. The van der Waals surface area contributed by atoms with Crippen molar-refractivity contribution in [3.05, 3.63) is 33.4 Å². The van der Waals surface area contributed by atoms with Gasteiger partial charge in [-0.3, -0.25) is 0 Å². The predicted octanol–water partition coefficient (Wildman–Crippen LogP) is 5.06. The van der Waals surface area contributed by atoms with Gasteiger partial charge in [-0.1, -0.05) is 41.5 Å². The third-order valence-electron chi connectivity index (χ3n) is 4.31. The molecule has 0 fully saturated rings. The van der Waals surface area contributed by atoms with Gasteiger partial charge in [0.1, 0.15) is 0 Å². The molecule has 0 aliphatic carbocycles. The summed E-state index contributed by atoms with van der Waals surface area (Å²) in [6.45, 7) is 13.9. The van der Waals surface area contributed by atoms with Crippen molar-refractivity contribution in [1.82, 2.24) is 0 Å². The highest BCUT2D eigenvalue weighted by atomic mass is 14.2. The lowest BCUT2D eigenvalue weighted by molar-refractivity contribution is 0.876. The average molecular weight is 246 g/mol. The van der Waals surface area contributed by atoms with Crippen molar-refractivity contribution in [2.75, 3.05) is 0 Å². The summed E-state index contributed by atoms with van der Waals surface area (Å²) in [4.78, 5) is 0. The number of hydrogen-bond donors (Lipinski definition) is 0. The van der Waals surface area contributed by atoms with Gasteiger partial charge in [0.15, 0.2) is 0 Å². The number of hydrogen-bond acceptors (Lipinski definition) is 0. The first-order chi connectivity index (χ1) is 8.69. The van der Waals surface area contributed by atoms with Crippen LogP contribution in [0.15, 0.2) is 0 Å². The summed E-state index contributed by atoms with van der Waals surface area (Å²) in [5.41, 5.74) is 9.95. The van der Waals surface area contributed by atoms with Crippen molar-refractivity contribution in [1.29, 1.82) is 0 Å². The Labute approximate surface area is 114 Å². The van der Waals surface area contributed by atoms with E-state index in [9.17, 15) is 0 Å². The molecule has 0 aliphatic heterocycles. The van der Waals surface area contributed by atoms with Crippen molar-refractivity contribution < 1.29 is 0 Å². The van der Waals surface area contributed by atoms with Crippen LogP contribution in [-0.2, 0) is 38.5 Å². The minimum atomic E-state index is 1.19. The monoisotopic (exact) mass is 246 g/mol. The van der Waals surface area contributed by atoms with Crippen LogP contribution in [0.3, 0.4) is 0 Å². The van der Waals surface area contributed by atoms with Gasteiger partial charge in [-0.15, -0.1) is 0 Å². The van der Waals surface area contributed by atoms with E-state index in [0.717, 1.165) is 0 Å². The number of rotatable bonds is 6. The highest BCUT2D eigenvalue weighted by molar-refractivity contribution is 5.52. The van der Waals surface area contributed by atoms with Gasteiger partial charge >= 0.3 is 0 Å². The van der Waals surface area contributed by atoms with E-state index in [2.05, 4.69) is 41.5 Å². The van der Waals surface area contributed by atoms with E-state index < -0.39 is 0 Å². The Bertz CT molecular complexity index is 278. The maximum Gasteiger partial charge on any atom is -0.0302 e. The SMILES string of the molecule is CCc1c(CC)c(CC)c(CC)c(CC)c1CC. The van der Waals surface area contributed by atoms with E-state index in [1.165, 1.54) is 38.5 Å². The summed E-state index contributed by atoms with van der Waals surface area (Å²) in [6.07, 6.45) is 7.14. The summed E-state index contributed by atoms with van der Waals surface area (Å²) in [5, 5.41) is 0. The first kappa shape index (κ1) is 15.3. The Morgan fingerprint density at radius 2 is 0.444 bits per heavy atom. The van der Waals surface area contributed by atoms with Crippen LogP contribution >= 0.6 is 0 Å². The Kier molecular flexibility index (Phi) is 5.91. The van der Waals surface area contributed by atoms with Gasteiger partial charge in [0.25, 0.3) is 0 Å². The molecule has 0 spiro atoms. The van der Waals surface area contributed by atoms with Crippen molar-refractivity contribution in [3.8, 4) is 0 Å². The average Bonchev–Trinajstić information content (AvgIpc) is 2.43. The second-order valence-electron chi connectivity index (χ2n) is 4.99. The molecule has 102 valence electrons. The molecule has 0 N–H and O–H groups in total. The largest absolute Gasteiger partial charge is 0.0613 e. The molecule has 1 aromatic rings. The minimum Gasteiger partial charge on any atom is -0.0613 e. The summed E-state index contributed by atoms with van der Waals surface area (Å²) in [7, 11) is 0.